The lowest BCUT2D eigenvalue weighted by Gasteiger charge is -2.36. The number of benzene rings is 1. The molecule has 1 heterocycles. The van der Waals surface area contributed by atoms with Crippen LogP contribution in [0.25, 0.3) is 0 Å². The molecule has 0 spiro atoms. The molecule has 1 fully saturated rings. The van der Waals surface area contributed by atoms with E-state index in [0.717, 1.165) is 13.1 Å². The second-order valence-corrected chi connectivity index (χ2v) is 5.69. The molecule has 0 amide bonds. The molecule has 1 saturated heterocycles. The van der Waals surface area contributed by atoms with E-state index in [0.29, 0.717) is 12.3 Å². The minimum absolute atomic E-state index is 0.0178. The summed E-state index contributed by atoms with van der Waals surface area (Å²) in [6.07, 6.45) is -0.300. The summed E-state index contributed by atoms with van der Waals surface area (Å²) in [5.41, 5.74) is 0.0178. The van der Waals surface area contributed by atoms with Crippen molar-refractivity contribution in [3.05, 3.63) is 34.4 Å². The average molecular weight is 310 g/mol. The fraction of sp³-hybridized carbons (Fsp3) is 0.600. The topological polar surface area (TPSA) is 85.1 Å². The summed E-state index contributed by atoms with van der Waals surface area (Å²) in [5.74, 6) is 0.508. The summed E-state index contributed by atoms with van der Waals surface area (Å²) in [6.45, 7) is 6.28. The van der Waals surface area contributed by atoms with E-state index in [1.54, 1.807) is 0 Å². The van der Waals surface area contributed by atoms with E-state index in [-0.39, 0.29) is 24.5 Å². The molecular weight excluding hydrogens is 288 g/mol. The lowest BCUT2D eigenvalue weighted by molar-refractivity contribution is -0.384. The average Bonchev–Trinajstić information content (AvgIpc) is 2.44. The van der Waals surface area contributed by atoms with Gasteiger partial charge in [-0.25, -0.2) is 0 Å². The Morgan fingerprint density at radius 1 is 1.36 bits per heavy atom. The Morgan fingerprint density at radius 2 is 1.95 bits per heavy atom. The molecule has 1 aliphatic heterocycles. The van der Waals surface area contributed by atoms with E-state index in [9.17, 15) is 15.2 Å². The van der Waals surface area contributed by atoms with Crippen molar-refractivity contribution in [3.8, 4) is 5.75 Å². The molecular formula is C15H22N2O5. The number of nitrogens with zero attached hydrogens (tertiary/aromatic N) is 2. The Bertz CT molecular complexity index is 483. The molecule has 0 saturated carbocycles. The second-order valence-electron chi connectivity index (χ2n) is 5.69. The van der Waals surface area contributed by atoms with Crippen molar-refractivity contribution in [1.82, 2.24) is 4.90 Å². The van der Waals surface area contributed by atoms with Gasteiger partial charge in [-0.3, -0.25) is 15.0 Å². The van der Waals surface area contributed by atoms with Gasteiger partial charge in [0.05, 0.1) is 17.1 Å². The molecule has 0 aromatic heterocycles. The number of nitro groups is 1. The van der Waals surface area contributed by atoms with Crippen LogP contribution in [0.3, 0.4) is 0 Å². The number of rotatable bonds is 6. The van der Waals surface area contributed by atoms with Crippen LogP contribution in [0.2, 0.25) is 0 Å². The van der Waals surface area contributed by atoms with Crippen LogP contribution in [0.15, 0.2) is 24.3 Å². The van der Waals surface area contributed by atoms with Crippen molar-refractivity contribution in [3.63, 3.8) is 0 Å². The maximum absolute atomic E-state index is 10.6. The Hall–Kier alpha value is -1.70. The first-order valence-electron chi connectivity index (χ1n) is 7.37. The van der Waals surface area contributed by atoms with Crippen molar-refractivity contribution in [1.29, 1.82) is 0 Å². The maximum Gasteiger partial charge on any atom is 0.269 e. The summed E-state index contributed by atoms with van der Waals surface area (Å²) >= 11 is 0. The highest BCUT2D eigenvalue weighted by molar-refractivity contribution is 5.35. The summed E-state index contributed by atoms with van der Waals surface area (Å²) in [5, 5.41) is 20.6. The van der Waals surface area contributed by atoms with Gasteiger partial charge in [0.2, 0.25) is 0 Å². The number of β-amino-alcohol motifs (C(OH)–C–C–N with tert-alkyl or cyclic N) is 1. The van der Waals surface area contributed by atoms with Crippen LogP contribution in [0, 0.1) is 10.1 Å². The third-order valence-electron chi connectivity index (χ3n) is 3.45. The molecule has 0 bridgehead atoms. The van der Waals surface area contributed by atoms with E-state index in [1.165, 1.54) is 24.3 Å². The van der Waals surface area contributed by atoms with Crippen LogP contribution >= 0.6 is 0 Å². The number of ether oxygens (including phenoxy) is 2. The Kier molecular flexibility index (Phi) is 5.70. The third kappa shape index (κ3) is 4.94. The van der Waals surface area contributed by atoms with Crippen molar-refractivity contribution < 1.29 is 19.5 Å². The van der Waals surface area contributed by atoms with Crippen LogP contribution in [-0.4, -0.2) is 59.5 Å². The molecule has 7 nitrogen and oxygen atoms in total. The number of morpholine rings is 1. The molecule has 1 aromatic carbocycles. The molecule has 122 valence electrons. The highest BCUT2D eigenvalue weighted by Gasteiger charge is 2.23. The normalized spacial score (nSPS) is 24.0. The Labute approximate surface area is 129 Å². The second kappa shape index (κ2) is 7.53. The van der Waals surface area contributed by atoms with Gasteiger partial charge in [0.15, 0.2) is 0 Å². The molecule has 22 heavy (non-hydrogen) atoms. The number of hydrogen-bond acceptors (Lipinski definition) is 6. The van der Waals surface area contributed by atoms with Gasteiger partial charge < -0.3 is 14.6 Å². The number of nitro benzene ring substituents is 1. The van der Waals surface area contributed by atoms with Gasteiger partial charge in [0.25, 0.3) is 5.69 Å². The molecule has 2 rings (SSSR count). The van der Waals surface area contributed by atoms with E-state index in [1.807, 2.05) is 13.8 Å². The van der Waals surface area contributed by atoms with E-state index >= 15 is 0 Å². The molecule has 0 radical (unpaired) electrons. The minimum Gasteiger partial charge on any atom is -0.491 e. The lowest BCUT2D eigenvalue weighted by Crippen LogP contribution is -2.48. The van der Waals surface area contributed by atoms with Crippen molar-refractivity contribution in [2.75, 3.05) is 26.2 Å². The van der Waals surface area contributed by atoms with Crippen molar-refractivity contribution in [2.45, 2.75) is 32.2 Å². The third-order valence-corrected chi connectivity index (χ3v) is 3.45. The molecule has 1 N–H and O–H groups in total. The van der Waals surface area contributed by atoms with E-state index in [4.69, 9.17) is 9.47 Å². The number of non-ortho nitro benzene ring substituents is 1. The first-order chi connectivity index (χ1) is 10.4. The summed E-state index contributed by atoms with van der Waals surface area (Å²) < 4.78 is 11.1. The lowest BCUT2D eigenvalue weighted by atomic mass is 10.2. The van der Waals surface area contributed by atoms with Gasteiger partial charge in [-0.1, -0.05) is 0 Å². The molecule has 1 aromatic rings. The molecule has 0 unspecified atom stereocenters. The molecule has 1 aliphatic rings. The number of aliphatic hydroxyl groups excluding tert-OH is 1. The smallest absolute Gasteiger partial charge is 0.269 e. The molecule has 3 atom stereocenters. The van der Waals surface area contributed by atoms with Gasteiger partial charge in [0, 0.05) is 31.8 Å². The van der Waals surface area contributed by atoms with Crippen LogP contribution in [0.5, 0.6) is 5.75 Å². The SMILES string of the molecule is C[C@@H]1CN(C[C@H](O)COc2ccc([N+](=O)[O-])cc2)C[C@@H](C)O1. The molecule has 0 aliphatic carbocycles. The largest absolute Gasteiger partial charge is 0.491 e. The van der Waals surface area contributed by atoms with Crippen molar-refractivity contribution >= 4 is 5.69 Å². The zero-order valence-electron chi connectivity index (χ0n) is 12.8. The standard InChI is InChI=1S/C15H22N2O5/c1-11-7-16(8-12(2)22-11)9-14(18)10-21-15-5-3-13(4-6-15)17(19)20/h3-6,11-12,14,18H,7-10H2,1-2H3/t11-,12-,14+/m1/s1. The molecule has 7 heteroatoms. The zero-order valence-corrected chi connectivity index (χ0v) is 12.8. The minimum atomic E-state index is -0.618. The monoisotopic (exact) mass is 310 g/mol. The predicted octanol–water partition coefficient (Wildman–Crippen LogP) is 1.44. The summed E-state index contributed by atoms with van der Waals surface area (Å²) in [7, 11) is 0. The first-order valence-corrected chi connectivity index (χ1v) is 7.37. The fourth-order valence-corrected chi connectivity index (χ4v) is 2.64. The summed E-state index contributed by atoms with van der Waals surface area (Å²) in [6, 6.07) is 5.83. The van der Waals surface area contributed by atoms with E-state index in [2.05, 4.69) is 4.90 Å². The van der Waals surface area contributed by atoms with Gasteiger partial charge in [-0.05, 0) is 26.0 Å². The fourth-order valence-electron chi connectivity index (χ4n) is 2.64. The maximum atomic E-state index is 10.6. The Morgan fingerprint density at radius 3 is 2.50 bits per heavy atom. The van der Waals surface area contributed by atoms with Crippen LogP contribution in [0.1, 0.15) is 13.8 Å². The quantitative estimate of drug-likeness (QED) is 0.632. The first kappa shape index (κ1) is 16.7. The predicted molar refractivity (Wildman–Crippen MR) is 81.0 cm³/mol. The van der Waals surface area contributed by atoms with Gasteiger partial charge in [-0.15, -0.1) is 0 Å². The van der Waals surface area contributed by atoms with Crippen molar-refractivity contribution in [2.24, 2.45) is 0 Å². The van der Waals surface area contributed by atoms with Gasteiger partial charge >= 0.3 is 0 Å². The van der Waals surface area contributed by atoms with E-state index < -0.39 is 11.0 Å². The van der Waals surface area contributed by atoms with Crippen LogP contribution < -0.4 is 4.74 Å². The number of aliphatic hydroxyl groups is 1. The Balaban J connectivity index is 1.77. The van der Waals surface area contributed by atoms with Gasteiger partial charge in [0.1, 0.15) is 18.5 Å². The van der Waals surface area contributed by atoms with Crippen LogP contribution in [-0.2, 0) is 4.74 Å². The number of hydrogen-bond donors (Lipinski definition) is 1. The highest BCUT2D eigenvalue weighted by atomic mass is 16.6. The zero-order chi connectivity index (χ0) is 16.1. The van der Waals surface area contributed by atoms with Crippen LogP contribution in [0.4, 0.5) is 5.69 Å². The van der Waals surface area contributed by atoms with Gasteiger partial charge in [-0.2, -0.15) is 0 Å². The summed E-state index contributed by atoms with van der Waals surface area (Å²) in [4.78, 5) is 12.3. The highest BCUT2D eigenvalue weighted by Crippen LogP contribution is 2.17.